The molecule has 0 radical (unpaired) electrons. The van der Waals surface area contributed by atoms with Crippen molar-refractivity contribution in [1.82, 2.24) is 20.4 Å². The molecule has 5 nitrogen and oxygen atoms in total. The van der Waals surface area contributed by atoms with Crippen LogP contribution in [0.15, 0.2) is 53.9 Å². The monoisotopic (exact) mass is 352 g/mol. The lowest BCUT2D eigenvalue weighted by Gasteiger charge is -2.25. The Morgan fingerprint density at radius 2 is 2.12 bits per heavy atom. The SMILES string of the molecule is O=C1NC[C@@H](NCCCc2ccccc2)n2nc(-c3cccs3)cc21. The quantitative estimate of drug-likeness (QED) is 0.670. The normalized spacial score (nSPS) is 16.5. The first-order chi connectivity index (χ1) is 12.3. The maximum atomic E-state index is 12.1. The van der Waals surface area contributed by atoms with Crippen LogP contribution in [0.4, 0.5) is 0 Å². The molecule has 1 amide bonds. The Bertz CT molecular complexity index is 842. The third-order valence-electron chi connectivity index (χ3n) is 4.36. The van der Waals surface area contributed by atoms with Crippen LogP contribution in [0, 0.1) is 0 Å². The van der Waals surface area contributed by atoms with Crippen LogP contribution in [0.3, 0.4) is 0 Å². The van der Waals surface area contributed by atoms with Gasteiger partial charge in [-0.15, -0.1) is 11.3 Å². The van der Waals surface area contributed by atoms with Gasteiger partial charge in [0.1, 0.15) is 17.6 Å². The van der Waals surface area contributed by atoms with E-state index < -0.39 is 0 Å². The summed E-state index contributed by atoms with van der Waals surface area (Å²) in [7, 11) is 0. The highest BCUT2D eigenvalue weighted by Gasteiger charge is 2.27. The number of carbonyl (C=O) groups is 1. The molecule has 3 heterocycles. The second-order valence-electron chi connectivity index (χ2n) is 6.11. The third kappa shape index (κ3) is 3.50. The molecule has 1 aliphatic rings. The lowest BCUT2D eigenvalue weighted by molar-refractivity contribution is 0.0900. The van der Waals surface area contributed by atoms with Crippen LogP contribution in [0.1, 0.15) is 28.6 Å². The van der Waals surface area contributed by atoms with Crippen molar-refractivity contribution in [3.8, 4) is 10.6 Å². The fourth-order valence-electron chi connectivity index (χ4n) is 3.08. The molecule has 0 aliphatic carbocycles. The van der Waals surface area contributed by atoms with Gasteiger partial charge in [0.05, 0.1) is 11.4 Å². The first-order valence-corrected chi connectivity index (χ1v) is 9.38. The van der Waals surface area contributed by atoms with Crippen LogP contribution in [-0.4, -0.2) is 28.8 Å². The Balaban J connectivity index is 1.42. The Morgan fingerprint density at radius 1 is 1.24 bits per heavy atom. The van der Waals surface area contributed by atoms with Gasteiger partial charge in [-0.2, -0.15) is 5.10 Å². The van der Waals surface area contributed by atoms with Gasteiger partial charge in [0, 0.05) is 0 Å². The molecule has 25 heavy (non-hydrogen) atoms. The molecule has 0 fully saturated rings. The van der Waals surface area contributed by atoms with Crippen molar-refractivity contribution in [3.05, 3.63) is 65.2 Å². The third-order valence-corrected chi connectivity index (χ3v) is 5.25. The minimum absolute atomic E-state index is 0.00261. The molecule has 0 bridgehead atoms. The summed E-state index contributed by atoms with van der Waals surface area (Å²) in [5, 5.41) is 13.1. The van der Waals surface area contributed by atoms with Gasteiger partial charge in [0.15, 0.2) is 0 Å². The number of aromatic nitrogens is 2. The maximum absolute atomic E-state index is 12.1. The number of aryl methyl sites for hydroxylation is 1. The van der Waals surface area contributed by atoms with E-state index >= 15 is 0 Å². The number of amides is 1. The largest absolute Gasteiger partial charge is 0.347 e. The molecule has 1 aliphatic heterocycles. The van der Waals surface area contributed by atoms with Crippen LogP contribution in [0.5, 0.6) is 0 Å². The van der Waals surface area contributed by atoms with E-state index in [2.05, 4.69) is 40.0 Å². The Kier molecular flexibility index (Phi) is 4.63. The zero-order valence-corrected chi connectivity index (χ0v) is 14.6. The lowest BCUT2D eigenvalue weighted by atomic mass is 10.1. The topological polar surface area (TPSA) is 59.0 Å². The molecular formula is C19H20N4OS. The minimum Gasteiger partial charge on any atom is -0.347 e. The molecule has 0 saturated carbocycles. The highest BCUT2D eigenvalue weighted by atomic mass is 32.1. The van der Waals surface area contributed by atoms with Gasteiger partial charge in [0.25, 0.3) is 5.91 Å². The fourth-order valence-corrected chi connectivity index (χ4v) is 3.76. The summed E-state index contributed by atoms with van der Waals surface area (Å²) < 4.78 is 1.83. The van der Waals surface area contributed by atoms with Gasteiger partial charge >= 0.3 is 0 Å². The average molecular weight is 352 g/mol. The van der Waals surface area contributed by atoms with Crippen LogP contribution < -0.4 is 10.6 Å². The predicted molar refractivity (Wildman–Crippen MR) is 99.7 cm³/mol. The Morgan fingerprint density at radius 3 is 2.92 bits per heavy atom. The van der Waals surface area contributed by atoms with E-state index in [9.17, 15) is 4.79 Å². The van der Waals surface area contributed by atoms with Crippen molar-refractivity contribution < 1.29 is 4.79 Å². The van der Waals surface area contributed by atoms with Gasteiger partial charge in [-0.3, -0.25) is 10.1 Å². The number of hydrogen-bond acceptors (Lipinski definition) is 4. The van der Waals surface area contributed by atoms with Gasteiger partial charge in [-0.05, 0) is 42.5 Å². The molecule has 0 unspecified atom stereocenters. The lowest BCUT2D eigenvalue weighted by Crippen LogP contribution is -2.45. The minimum atomic E-state index is -0.0577. The summed E-state index contributed by atoms with van der Waals surface area (Å²) in [6.45, 7) is 1.44. The smallest absolute Gasteiger partial charge is 0.269 e. The Labute approximate surface area is 150 Å². The summed E-state index contributed by atoms with van der Waals surface area (Å²) in [6.07, 6.45) is 2.08. The molecule has 2 aromatic heterocycles. The van der Waals surface area contributed by atoms with Crippen molar-refractivity contribution >= 4 is 17.2 Å². The van der Waals surface area contributed by atoms with Crippen molar-refractivity contribution in [2.75, 3.05) is 13.1 Å². The molecule has 2 N–H and O–H groups in total. The summed E-state index contributed by atoms with van der Waals surface area (Å²) in [6, 6.07) is 16.4. The standard InChI is InChI=1S/C19H20N4OS/c24-19-16-12-15(17-9-5-11-25-17)22-23(16)18(13-21-19)20-10-4-8-14-6-2-1-3-7-14/h1-3,5-7,9,11-12,18,20H,4,8,10,13H2,(H,21,24)/t18-/m0/s1. The molecule has 0 spiro atoms. The maximum Gasteiger partial charge on any atom is 0.269 e. The van der Waals surface area contributed by atoms with Crippen molar-refractivity contribution in [2.45, 2.75) is 19.0 Å². The van der Waals surface area contributed by atoms with E-state index in [1.807, 2.05) is 34.3 Å². The van der Waals surface area contributed by atoms with Gasteiger partial charge < -0.3 is 5.32 Å². The highest BCUT2D eigenvalue weighted by molar-refractivity contribution is 7.13. The summed E-state index contributed by atoms with van der Waals surface area (Å²) in [4.78, 5) is 13.2. The number of nitrogens with zero attached hydrogens (tertiary/aromatic N) is 2. The van der Waals surface area contributed by atoms with E-state index in [0.717, 1.165) is 30.0 Å². The highest BCUT2D eigenvalue weighted by Crippen LogP contribution is 2.26. The first-order valence-electron chi connectivity index (χ1n) is 8.50. The van der Waals surface area contributed by atoms with E-state index in [4.69, 9.17) is 0 Å². The zero-order valence-electron chi connectivity index (χ0n) is 13.8. The van der Waals surface area contributed by atoms with Crippen LogP contribution in [0.25, 0.3) is 10.6 Å². The van der Waals surface area contributed by atoms with Crippen molar-refractivity contribution in [3.63, 3.8) is 0 Å². The van der Waals surface area contributed by atoms with Crippen LogP contribution in [-0.2, 0) is 6.42 Å². The first kappa shape index (κ1) is 16.1. The number of benzene rings is 1. The molecule has 0 saturated heterocycles. The number of rotatable bonds is 6. The molecule has 1 aromatic carbocycles. The van der Waals surface area contributed by atoms with E-state index in [0.29, 0.717) is 12.2 Å². The van der Waals surface area contributed by atoms with E-state index in [1.54, 1.807) is 11.3 Å². The zero-order chi connectivity index (χ0) is 17.1. The van der Waals surface area contributed by atoms with Crippen LogP contribution >= 0.6 is 11.3 Å². The number of fused-ring (bicyclic) bond motifs is 1. The molecule has 6 heteroatoms. The second-order valence-corrected chi connectivity index (χ2v) is 7.05. The van der Waals surface area contributed by atoms with E-state index in [1.165, 1.54) is 5.56 Å². The number of carbonyl (C=O) groups excluding carboxylic acids is 1. The number of thiophene rings is 1. The molecule has 3 aromatic rings. The average Bonchev–Trinajstić information content (AvgIpc) is 3.31. The van der Waals surface area contributed by atoms with Gasteiger partial charge in [-0.1, -0.05) is 36.4 Å². The molecule has 128 valence electrons. The predicted octanol–water partition coefficient (Wildman–Crippen LogP) is 3.08. The fraction of sp³-hybridized carbons (Fsp3) is 0.263. The van der Waals surface area contributed by atoms with E-state index in [-0.39, 0.29) is 12.1 Å². The van der Waals surface area contributed by atoms with Crippen LogP contribution in [0.2, 0.25) is 0 Å². The molecule has 1 atom stereocenters. The van der Waals surface area contributed by atoms with Crippen molar-refractivity contribution in [2.24, 2.45) is 0 Å². The number of hydrogen-bond donors (Lipinski definition) is 2. The molecular weight excluding hydrogens is 332 g/mol. The Hall–Kier alpha value is -2.44. The number of nitrogens with one attached hydrogen (secondary N) is 2. The summed E-state index contributed by atoms with van der Waals surface area (Å²) in [5.74, 6) is -0.0577. The second kappa shape index (κ2) is 7.21. The summed E-state index contributed by atoms with van der Waals surface area (Å²) in [5.41, 5.74) is 2.83. The van der Waals surface area contributed by atoms with Crippen molar-refractivity contribution in [1.29, 1.82) is 0 Å². The molecule has 4 rings (SSSR count). The van der Waals surface area contributed by atoms with Gasteiger partial charge in [0.2, 0.25) is 0 Å². The van der Waals surface area contributed by atoms with Gasteiger partial charge in [-0.25, -0.2) is 4.68 Å². The summed E-state index contributed by atoms with van der Waals surface area (Å²) >= 11 is 1.63.